The van der Waals surface area contributed by atoms with Crippen molar-refractivity contribution in [2.75, 3.05) is 67.6 Å². The Morgan fingerprint density at radius 3 is 2.44 bits per heavy atom. The second kappa shape index (κ2) is 11.3. The summed E-state index contributed by atoms with van der Waals surface area (Å²) in [4.78, 5) is 46.8. The lowest BCUT2D eigenvalue weighted by Crippen LogP contribution is -2.38. The summed E-state index contributed by atoms with van der Waals surface area (Å²) in [6, 6.07) is 7.64. The largest absolute Gasteiger partial charge is 0.444 e. The highest BCUT2D eigenvalue weighted by Gasteiger charge is 2.44. The van der Waals surface area contributed by atoms with E-state index in [2.05, 4.69) is 25.3 Å². The van der Waals surface area contributed by atoms with Crippen molar-refractivity contribution in [3.8, 4) is 11.3 Å². The van der Waals surface area contributed by atoms with Gasteiger partial charge in [0.1, 0.15) is 17.2 Å². The molecule has 1 N–H and O–H groups in total. The molecular formula is C31H37N9O5. The molecule has 4 aromatic heterocycles. The van der Waals surface area contributed by atoms with Crippen LogP contribution < -0.4 is 15.1 Å². The molecule has 0 saturated carbocycles. The molecule has 236 valence electrons. The summed E-state index contributed by atoms with van der Waals surface area (Å²) in [5.74, 6) is 1.04. The van der Waals surface area contributed by atoms with Gasteiger partial charge in [-0.15, -0.1) is 0 Å². The maximum absolute atomic E-state index is 13.9. The smallest absolute Gasteiger partial charge is 0.410 e. The van der Waals surface area contributed by atoms with E-state index in [4.69, 9.17) is 18.9 Å². The number of anilines is 3. The van der Waals surface area contributed by atoms with Crippen LogP contribution >= 0.6 is 0 Å². The van der Waals surface area contributed by atoms with Gasteiger partial charge in [-0.25, -0.2) is 14.8 Å². The van der Waals surface area contributed by atoms with Gasteiger partial charge >= 0.3 is 6.09 Å². The number of nitrogens with one attached hydrogen (secondary N) is 1. The van der Waals surface area contributed by atoms with Gasteiger partial charge in [0.05, 0.1) is 30.7 Å². The maximum atomic E-state index is 13.9. The number of ether oxygens (including phenoxy) is 2. The summed E-state index contributed by atoms with van der Waals surface area (Å²) < 4.78 is 18.9. The Morgan fingerprint density at radius 1 is 1.00 bits per heavy atom. The van der Waals surface area contributed by atoms with Crippen LogP contribution in [0, 0.1) is 11.8 Å². The normalized spacial score (nSPS) is 20.1. The molecule has 2 atom stereocenters. The molecule has 7 heterocycles. The Balaban J connectivity index is 1.17. The molecule has 3 fully saturated rings. The Kier molecular flexibility index (Phi) is 7.30. The van der Waals surface area contributed by atoms with Crippen molar-refractivity contribution in [3.63, 3.8) is 0 Å². The number of oxazole rings is 1. The van der Waals surface area contributed by atoms with E-state index < -0.39 is 5.60 Å². The monoisotopic (exact) mass is 615 g/mol. The minimum absolute atomic E-state index is 0.227. The Bertz CT molecular complexity index is 1720. The number of carbonyl (C=O) groups is 2. The number of aromatic nitrogens is 5. The van der Waals surface area contributed by atoms with Crippen LogP contribution in [0.3, 0.4) is 0 Å². The van der Waals surface area contributed by atoms with E-state index in [0.29, 0.717) is 92.6 Å². The summed E-state index contributed by atoms with van der Waals surface area (Å²) in [6.45, 7) is 10.6. The summed E-state index contributed by atoms with van der Waals surface area (Å²) in [6.07, 6.45) is 3.31. The van der Waals surface area contributed by atoms with Gasteiger partial charge in [0.15, 0.2) is 5.58 Å². The minimum atomic E-state index is -0.549. The van der Waals surface area contributed by atoms with Crippen LogP contribution in [0.25, 0.3) is 22.5 Å². The number of likely N-dealkylation sites (tertiary alicyclic amines) is 1. The van der Waals surface area contributed by atoms with Gasteiger partial charge in [-0.3, -0.25) is 9.48 Å². The van der Waals surface area contributed by atoms with Crippen LogP contribution in [0.1, 0.15) is 31.1 Å². The van der Waals surface area contributed by atoms with E-state index in [-0.39, 0.29) is 23.8 Å². The van der Waals surface area contributed by atoms with Gasteiger partial charge in [0.2, 0.25) is 5.65 Å². The molecule has 0 aromatic carbocycles. The molecule has 2 unspecified atom stereocenters. The maximum Gasteiger partial charge on any atom is 0.410 e. The number of fused-ring (bicyclic) bond motifs is 2. The van der Waals surface area contributed by atoms with Crippen molar-refractivity contribution in [2.24, 2.45) is 18.9 Å². The zero-order valence-electron chi connectivity index (χ0n) is 25.9. The lowest BCUT2D eigenvalue weighted by atomic mass is 10.0. The second-order valence-corrected chi connectivity index (χ2v) is 12.9. The van der Waals surface area contributed by atoms with Gasteiger partial charge in [0.25, 0.3) is 11.9 Å². The highest BCUT2D eigenvalue weighted by atomic mass is 16.6. The van der Waals surface area contributed by atoms with Crippen molar-refractivity contribution in [1.29, 1.82) is 0 Å². The fourth-order valence-corrected chi connectivity index (χ4v) is 6.18. The van der Waals surface area contributed by atoms with Crippen LogP contribution in [0.4, 0.5) is 22.4 Å². The van der Waals surface area contributed by atoms with Crippen LogP contribution in [0.15, 0.2) is 41.1 Å². The Morgan fingerprint density at radius 2 is 1.76 bits per heavy atom. The molecular weight excluding hydrogens is 578 g/mol. The lowest BCUT2D eigenvalue weighted by Gasteiger charge is -2.26. The van der Waals surface area contributed by atoms with Gasteiger partial charge in [-0.1, -0.05) is 6.07 Å². The standard InChI is InChI=1S/C31H37N9O5/c1-31(2,3)45-30(42)40-17-20-15-39(16-21(20)18-40)27-22(12-24-26(35-27)36-29(44-24)38-8-10-43-11-9-38)28(41)34-25-7-5-6-23(33-25)19-13-32-37(4)14-19/h5-7,12-14,20-21H,8-11,15-18H2,1-4H3,(H,33,34,41). The molecule has 3 saturated heterocycles. The molecule has 7 rings (SSSR count). The average molecular weight is 616 g/mol. The zero-order chi connectivity index (χ0) is 31.3. The van der Waals surface area contributed by atoms with E-state index in [1.54, 1.807) is 27.9 Å². The van der Waals surface area contributed by atoms with Crippen molar-refractivity contribution in [1.82, 2.24) is 29.6 Å². The lowest BCUT2D eigenvalue weighted by molar-refractivity contribution is 0.0282. The Hall–Kier alpha value is -4.72. The van der Waals surface area contributed by atoms with Crippen LogP contribution in [0.5, 0.6) is 0 Å². The summed E-state index contributed by atoms with van der Waals surface area (Å²) in [5, 5.41) is 7.19. The Labute approximate surface area is 260 Å². The molecule has 14 heteroatoms. The van der Waals surface area contributed by atoms with E-state index >= 15 is 0 Å². The molecule has 2 amide bonds. The number of rotatable bonds is 5. The van der Waals surface area contributed by atoms with E-state index in [0.717, 1.165) is 5.56 Å². The van der Waals surface area contributed by atoms with Crippen molar-refractivity contribution in [2.45, 2.75) is 26.4 Å². The van der Waals surface area contributed by atoms with Gasteiger partial charge in [-0.05, 0) is 32.9 Å². The third-order valence-corrected chi connectivity index (χ3v) is 8.31. The number of pyridine rings is 2. The first-order valence-corrected chi connectivity index (χ1v) is 15.2. The molecule has 0 spiro atoms. The number of carbonyl (C=O) groups excluding carboxylic acids is 2. The number of amides is 2. The topological polar surface area (TPSA) is 144 Å². The zero-order valence-corrected chi connectivity index (χ0v) is 25.9. The predicted molar refractivity (Wildman–Crippen MR) is 166 cm³/mol. The number of hydrogen-bond donors (Lipinski definition) is 1. The molecule has 45 heavy (non-hydrogen) atoms. The first-order chi connectivity index (χ1) is 21.6. The highest BCUT2D eigenvalue weighted by molar-refractivity contribution is 6.08. The second-order valence-electron chi connectivity index (χ2n) is 12.9. The SMILES string of the molecule is Cn1cc(-c2cccc(NC(=O)c3cc4oc(N5CCOCC5)nc4nc3N3CC4CN(C(=O)OC(C)(C)C)CC4C3)n2)cn1. The summed E-state index contributed by atoms with van der Waals surface area (Å²) in [7, 11) is 1.84. The average Bonchev–Trinajstić information content (AvgIpc) is 3.79. The number of aryl methyl sites for hydroxylation is 1. The number of hydrogen-bond acceptors (Lipinski definition) is 11. The number of morpholine rings is 1. The van der Waals surface area contributed by atoms with E-state index in [1.165, 1.54) is 0 Å². The summed E-state index contributed by atoms with van der Waals surface area (Å²) in [5.41, 5.74) is 2.22. The first-order valence-electron chi connectivity index (χ1n) is 15.2. The fourth-order valence-electron chi connectivity index (χ4n) is 6.18. The van der Waals surface area contributed by atoms with Gasteiger partial charge < -0.3 is 33.9 Å². The van der Waals surface area contributed by atoms with Crippen LogP contribution in [-0.4, -0.2) is 99.7 Å². The number of nitrogens with zero attached hydrogens (tertiary/aromatic N) is 8. The fraction of sp³-hybridized carbons (Fsp3) is 0.484. The molecule has 0 aliphatic carbocycles. The highest BCUT2D eigenvalue weighted by Crippen LogP contribution is 2.37. The predicted octanol–water partition coefficient (Wildman–Crippen LogP) is 3.41. The summed E-state index contributed by atoms with van der Waals surface area (Å²) >= 11 is 0. The molecule has 3 aliphatic rings. The molecule has 14 nitrogen and oxygen atoms in total. The van der Waals surface area contributed by atoms with Crippen LogP contribution in [0.2, 0.25) is 0 Å². The first kappa shape index (κ1) is 29.0. The van der Waals surface area contributed by atoms with E-state index in [9.17, 15) is 9.59 Å². The quantitative estimate of drug-likeness (QED) is 0.353. The van der Waals surface area contributed by atoms with Gasteiger partial charge in [-0.2, -0.15) is 10.1 Å². The van der Waals surface area contributed by atoms with Gasteiger partial charge in [0, 0.05) is 76.0 Å². The van der Waals surface area contributed by atoms with Crippen molar-refractivity contribution < 1.29 is 23.5 Å². The molecule has 3 aliphatic heterocycles. The molecule has 0 bridgehead atoms. The molecule has 0 radical (unpaired) electrons. The van der Waals surface area contributed by atoms with E-state index in [1.807, 2.05) is 51.0 Å². The van der Waals surface area contributed by atoms with Crippen molar-refractivity contribution >= 4 is 40.9 Å². The van der Waals surface area contributed by atoms with Crippen LogP contribution in [-0.2, 0) is 16.5 Å². The third-order valence-electron chi connectivity index (χ3n) is 8.31. The minimum Gasteiger partial charge on any atom is -0.444 e. The molecule has 4 aromatic rings. The third kappa shape index (κ3) is 6.01. The van der Waals surface area contributed by atoms with Crippen molar-refractivity contribution in [3.05, 3.63) is 42.2 Å².